The van der Waals surface area contributed by atoms with Gasteiger partial charge >= 0.3 is 5.97 Å². The van der Waals surface area contributed by atoms with Crippen molar-refractivity contribution in [3.8, 4) is 0 Å². The van der Waals surface area contributed by atoms with Gasteiger partial charge in [-0.25, -0.2) is 9.78 Å². The normalized spacial score (nSPS) is 10.4. The number of carboxylic acid groups (broad SMARTS) is 1. The zero-order chi connectivity index (χ0) is 13.8. The van der Waals surface area contributed by atoms with Crippen LogP contribution in [-0.2, 0) is 6.54 Å². The molecule has 7 nitrogen and oxygen atoms in total. The molecule has 0 unspecified atom stereocenters. The molecule has 0 aliphatic rings. The van der Waals surface area contributed by atoms with Gasteiger partial charge in [-0.2, -0.15) is 5.10 Å². The highest BCUT2D eigenvalue weighted by molar-refractivity contribution is 5.89. The molecule has 2 aromatic heterocycles. The first-order chi connectivity index (χ1) is 9.06. The summed E-state index contributed by atoms with van der Waals surface area (Å²) in [5, 5.41) is 16.0. The van der Waals surface area contributed by atoms with Crippen molar-refractivity contribution < 1.29 is 9.90 Å². The summed E-state index contributed by atoms with van der Waals surface area (Å²) >= 11 is 0. The minimum absolute atomic E-state index is 0.0748. The summed E-state index contributed by atoms with van der Waals surface area (Å²) in [6.07, 6.45) is 5.00. The first kappa shape index (κ1) is 12.9. The SMILES string of the molecule is Cc1cnn(CCNc2ncc(C(=O)O)cc2N)c1. The van der Waals surface area contributed by atoms with Gasteiger partial charge in [0, 0.05) is 18.9 Å². The van der Waals surface area contributed by atoms with Gasteiger partial charge in [0.15, 0.2) is 0 Å². The van der Waals surface area contributed by atoms with Crippen LogP contribution in [-0.4, -0.2) is 32.4 Å². The number of pyridine rings is 1. The number of anilines is 2. The van der Waals surface area contributed by atoms with Crippen molar-refractivity contribution in [3.05, 3.63) is 35.8 Å². The van der Waals surface area contributed by atoms with E-state index in [0.29, 0.717) is 24.6 Å². The molecule has 2 rings (SSSR count). The summed E-state index contributed by atoms with van der Waals surface area (Å²) in [4.78, 5) is 14.7. The van der Waals surface area contributed by atoms with E-state index in [2.05, 4.69) is 15.4 Å². The van der Waals surface area contributed by atoms with Gasteiger partial charge < -0.3 is 16.2 Å². The van der Waals surface area contributed by atoms with Crippen molar-refractivity contribution in [2.24, 2.45) is 0 Å². The van der Waals surface area contributed by atoms with Gasteiger partial charge in [-0.15, -0.1) is 0 Å². The van der Waals surface area contributed by atoms with Crippen LogP contribution in [0, 0.1) is 6.92 Å². The number of aromatic nitrogens is 3. The molecule has 0 fully saturated rings. The maximum Gasteiger partial charge on any atom is 0.337 e. The number of nitrogen functional groups attached to an aromatic ring is 1. The fraction of sp³-hybridized carbons (Fsp3) is 0.250. The topological polar surface area (TPSA) is 106 Å². The molecule has 0 saturated carbocycles. The number of aryl methyl sites for hydroxylation is 1. The summed E-state index contributed by atoms with van der Waals surface area (Å²) in [5.41, 5.74) is 7.22. The Morgan fingerprint density at radius 1 is 1.53 bits per heavy atom. The Balaban J connectivity index is 1.94. The number of rotatable bonds is 5. The van der Waals surface area contributed by atoms with Crippen molar-refractivity contribution in [2.45, 2.75) is 13.5 Å². The van der Waals surface area contributed by atoms with Crippen molar-refractivity contribution in [1.29, 1.82) is 0 Å². The first-order valence-corrected chi connectivity index (χ1v) is 5.78. The smallest absolute Gasteiger partial charge is 0.337 e. The van der Waals surface area contributed by atoms with Crippen molar-refractivity contribution in [1.82, 2.24) is 14.8 Å². The molecule has 7 heteroatoms. The Morgan fingerprint density at radius 3 is 2.89 bits per heavy atom. The number of hydrogen-bond acceptors (Lipinski definition) is 5. The Bertz CT molecular complexity index is 594. The highest BCUT2D eigenvalue weighted by Crippen LogP contribution is 2.16. The number of nitrogens with one attached hydrogen (secondary N) is 1. The number of aromatic carboxylic acids is 1. The number of nitrogens with zero attached hydrogens (tertiary/aromatic N) is 3. The van der Waals surface area contributed by atoms with Gasteiger partial charge in [-0.1, -0.05) is 0 Å². The number of hydrogen-bond donors (Lipinski definition) is 3. The van der Waals surface area contributed by atoms with Crippen LogP contribution in [0.25, 0.3) is 0 Å². The van der Waals surface area contributed by atoms with E-state index in [1.54, 1.807) is 6.20 Å². The van der Waals surface area contributed by atoms with E-state index in [9.17, 15) is 4.79 Å². The molecule has 0 atom stereocenters. The average molecular weight is 261 g/mol. The average Bonchev–Trinajstić information content (AvgIpc) is 2.77. The van der Waals surface area contributed by atoms with Crippen LogP contribution < -0.4 is 11.1 Å². The molecule has 0 aromatic carbocycles. The van der Waals surface area contributed by atoms with E-state index in [0.717, 1.165) is 5.56 Å². The highest BCUT2D eigenvalue weighted by atomic mass is 16.4. The molecule has 0 saturated heterocycles. The summed E-state index contributed by atoms with van der Waals surface area (Å²) in [7, 11) is 0. The van der Waals surface area contributed by atoms with Gasteiger partial charge in [0.1, 0.15) is 5.82 Å². The van der Waals surface area contributed by atoms with E-state index < -0.39 is 5.97 Å². The first-order valence-electron chi connectivity index (χ1n) is 5.78. The van der Waals surface area contributed by atoms with Crippen LogP contribution in [0.3, 0.4) is 0 Å². The van der Waals surface area contributed by atoms with E-state index >= 15 is 0 Å². The van der Waals surface area contributed by atoms with Crippen LogP contribution in [0.1, 0.15) is 15.9 Å². The quantitative estimate of drug-likeness (QED) is 0.740. The number of carbonyl (C=O) groups is 1. The third-order valence-corrected chi connectivity index (χ3v) is 2.56. The van der Waals surface area contributed by atoms with Crippen LogP contribution >= 0.6 is 0 Å². The second-order valence-electron chi connectivity index (χ2n) is 4.17. The Labute approximate surface area is 110 Å². The molecule has 2 heterocycles. The minimum atomic E-state index is -1.04. The van der Waals surface area contributed by atoms with Gasteiger partial charge in [-0.05, 0) is 18.6 Å². The molecule has 4 N–H and O–H groups in total. The second-order valence-corrected chi connectivity index (χ2v) is 4.17. The molecular weight excluding hydrogens is 246 g/mol. The zero-order valence-electron chi connectivity index (χ0n) is 10.5. The Kier molecular flexibility index (Phi) is 3.65. The Hall–Kier alpha value is -2.57. The van der Waals surface area contributed by atoms with Crippen LogP contribution in [0.5, 0.6) is 0 Å². The fourth-order valence-electron chi connectivity index (χ4n) is 1.62. The lowest BCUT2D eigenvalue weighted by molar-refractivity contribution is 0.0696. The fourth-order valence-corrected chi connectivity index (χ4v) is 1.62. The predicted octanol–water partition coefficient (Wildman–Crippen LogP) is 0.979. The third kappa shape index (κ3) is 3.21. The van der Waals surface area contributed by atoms with Crippen LogP contribution in [0.15, 0.2) is 24.7 Å². The standard InChI is InChI=1S/C12H15N5O2/c1-8-5-16-17(7-8)3-2-14-11-10(13)4-9(6-15-11)12(18)19/h4-7H,2-3,13H2,1H3,(H,14,15)(H,18,19). The molecular formula is C12H15N5O2. The number of carboxylic acids is 1. The molecule has 19 heavy (non-hydrogen) atoms. The molecule has 0 radical (unpaired) electrons. The lowest BCUT2D eigenvalue weighted by Gasteiger charge is -2.08. The molecule has 2 aromatic rings. The summed E-state index contributed by atoms with van der Waals surface area (Å²) < 4.78 is 1.81. The molecule has 0 bridgehead atoms. The van der Waals surface area contributed by atoms with Crippen molar-refractivity contribution >= 4 is 17.5 Å². The lowest BCUT2D eigenvalue weighted by Crippen LogP contribution is -2.13. The Morgan fingerprint density at radius 2 is 2.32 bits per heavy atom. The summed E-state index contributed by atoms with van der Waals surface area (Å²) in [6.45, 7) is 3.25. The zero-order valence-corrected chi connectivity index (χ0v) is 10.5. The minimum Gasteiger partial charge on any atom is -0.478 e. The maximum absolute atomic E-state index is 10.7. The van der Waals surface area contributed by atoms with E-state index in [4.69, 9.17) is 10.8 Å². The maximum atomic E-state index is 10.7. The number of nitrogens with two attached hydrogens (primary N) is 1. The highest BCUT2D eigenvalue weighted by Gasteiger charge is 2.07. The van der Waals surface area contributed by atoms with Gasteiger partial charge in [-0.3, -0.25) is 4.68 Å². The molecule has 0 spiro atoms. The van der Waals surface area contributed by atoms with E-state index in [1.165, 1.54) is 12.3 Å². The largest absolute Gasteiger partial charge is 0.478 e. The molecule has 0 aliphatic heterocycles. The van der Waals surface area contributed by atoms with Crippen molar-refractivity contribution in [3.63, 3.8) is 0 Å². The van der Waals surface area contributed by atoms with Gasteiger partial charge in [0.2, 0.25) is 0 Å². The summed E-state index contributed by atoms with van der Waals surface area (Å²) in [5.74, 6) is -0.563. The third-order valence-electron chi connectivity index (χ3n) is 2.56. The van der Waals surface area contributed by atoms with Crippen molar-refractivity contribution in [2.75, 3.05) is 17.6 Å². The molecule has 100 valence electrons. The lowest BCUT2D eigenvalue weighted by atomic mass is 10.2. The van der Waals surface area contributed by atoms with E-state index in [1.807, 2.05) is 17.8 Å². The van der Waals surface area contributed by atoms with Crippen LogP contribution in [0.2, 0.25) is 0 Å². The molecule has 0 amide bonds. The summed E-state index contributed by atoms with van der Waals surface area (Å²) in [6, 6.07) is 1.38. The van der Waals surface area contributed by atoms with E-state index in [-0.39, 0.29) is 5.56 Å². The second kappa shape index (κ2) is 5.38. The predicted molar refractivity (Wildman–Crippen MR) is 71.1 cm³/mol. The van der Waals surface area contributed by atoms with Crippen LogP contribution in [0.4, 0.5) is 11.5 Å². The molecule has 0 aliphatic carbocycles. The monoisotopic (exact) mass is 261 g/mol. The van der Waals surface area contributed by atoms with Gasteiger partial charge in [0.05, 0.1) is 24.0 Å². The van der Waals surface area contributed by atoms with Gasteiger partial charge in [0.25, 0.3) is 0 Å².